The molecule has 3 rings (SSSR count). The van der Waals surface area contributed by atoms with Gasteiger partial charge in [0.25, 0.3) is 0 Å². The van der Waals surface area contributed by atoms with E-state index in [2.05, 4.69) is 30.1 Å². The fourth-order valence-corrected chi connectivity index (χ4v) is 1.49. The maximum Gasteiger partial charge on any atom is 0.222 e. The number of H-pyrrole nitrogens is 1. The van der Waals surface area contributed by atoms with Crippen LogP contribution in [0.2, 0.25) is 0 Å². The van der Waals surface area contributed by atoms with Crippen LogP contribution >= 0.6 is 0 Å². The highest BCUT2D eigenvalue weighted by atomic mass is 15.2. The SMILES string of the molecule is Nc1nc(-c2cncnc2)c2cn[nH]c2n1. The smallest absolute Gasteiger partial charge is 0.222 e. The first-order valence-electron chi connectivity index (χ1n) is 4.56. The average Bonchev–Trinajstić information content (AvgIpc) is 2.77. The summed E-state index contributed by atoms with van der Waals surface area (Å²) in [6.45, 7) is 0. The van der Waals surface area contributed by atoms with E-state index in [0.717, 1.165) is 10.9 Å². The fourth-order valence-electron chi connectivity index (χ4n) is 1.49. The Kier molecular flexibility index (Phi) is 1.76. The summed E-state index contributed by atoms with van der Waals surface area (Å²) in [6, 6.07) is 0. The van der Waals surface area contributed by atoms with Gasteiger partial charge in [-0.3, -0.25) is 5.10 Å². The van der Waals surface area contributed by atoms with E-state index in [4.69, 9.17) is 5.73 Å². The molecule has 3 aromatic heterocycles. The Bertz CT molecular complexity index is 631. The van der Waals surface area contributed by atoms with Crippen molar-refractivity contribution in [1.29, 1.82) is 0 Å². The highest BCUT2D eigenvalue weighted by molar-refractivity contribution is 5.90. The average molecular weight is 213 g/mol. The fraction of sp³-hybridized carbons (Fsp3) is 0. The normalized spacial score (nSPS) is 10.8. The Hall–Kier alpha value is -2.57. The first kappa shape index (κ1) is 8.72. The predicted octanol–water partition coefficient (Wildman–Crippen LogP) is 0.392. The van der Waals surface area contributed by atoms with Crippen molar-refractivity contribution in [2.75, 3.05) is 5.73 Å². The monoisotopic (exact) mass is 213 g/mol. The Morgan fingerprint density at radius 3 is 2.69 bits per heavy atom. The highest BCUT2D eigenvalue weighted by Gasteiger charge is 2.10. The van der Waals surface area contributed by atoms with Crippen LogP contribution in [-0.4, -0.2) is 30.1 Å². The van der Waals surface area contributed by atoms with Gasteiger partial charge in [0, 0.05) is 18.0 Å². The summed E-state index contributed by atoms with van der Waals surface area (Å²) in [5.41, 5.74) is 7.67. The summed E-state index contributed by atoms with van der Waals surface area (Å²) in [4.78, 5) is 16.1. The van der Waals surface area contributed by atoms with Crippen molar-refractivity contribution < 1.29 is 0 Å². The molecule has 0 spiro atoms. The summed E-state index contributed by atoms with van der Waals surface area (Å²) in [6.07, 6.45) is 6.44. The van der Waals surface area contributed by atoms with Crippen LogP contribution < -0.4 is 5.73 Å². The first-order valence-corrected chi connectivity index (χ1v) is 4.56. The third kappa shape index (κ3) is 1.26. The molecule has 3 N–H and O–H groups in total. The van der Waals surface area contributed by atoms with E-state index in [1.807, 2.05) is 0 Å². The van der Waals surface area contributed by atoms with Gasteiger partial charge in [0.1, 0.15) is 6.33 Å². The molecule has 0 amide bonds. The van der Waals surface area contributed by atoms with Crippen LogP contribution in [0.15, 0.2) is 24.9 Å². The molecule has 0 aliphatic rings. The molecule has 78 valence electrons. The van der Waals surface area contributed by atoms with Crippen LogP contribution in [0.4, 0.5) is 5.95 Å². The molecule has 0 bridgehead atoms. The minimum Gasteiger partial charge on any atom is -0.368 e. The third-order valence-corrected chi connectivity index (χ3v) is 2.16. The molecule has 0 fully saturated rings. The summed E-state index contributed by atoms with van der Waals surface area (Å²) < 4.78 is 0. The number of rotatable bonds is 1. The number of aromatic nitrogens is 6. The van der Waals surface area contributed by atoms with Crippen LogP contribution in [-0.2, 0) is 0 Å². The van der Waals surface area contributed by atoms with Gasteiger partial charge in [-0.15, -0.1) is 0 Å². The molecular formula is C9H7N7. The Morgan fingerprint density at radius 2 is 1.88 bits per heavy atom. The van der Waals surface area contributed by atoms with Gasteiger partial charge in [-0.2, -0.15) is 10.1 Å². The number of hydrogen-bond donors (Lipinski definition) is 2. The van der Waals surface area contributed by atoms with Crippen molar-refractivity contribution in [1.82, 2.24) is 30.1 Å². The Balaban J connectivity index is 2.34. The summed E-state index contributed by atoms with van der Waals surface area (Å²) in [7, 11) is 0. The van der Waals surface area contributed by atoms with Gasteiger partial charge in [0.2, 0.25) is 5.95 Å². The molecule has 7 nitrogen and oxygen atoms in total. The van der Waals surface area contributed by atoms with Crippen molar-refractivity contribution in [3.05, 3.63) is 24.9 Å². The highest BCUT2D eigenvalue weighted by Crippen LogP contribution is 2.23. The molecule has 16 heavy (non-hydrogen) atoms. The molecule has 0 aliphatic heterocycles. The maximum atomic E-state index is 5.61. The topological polar surface area (TPSA) is 106 Å². The van der Waals surface area contributed by atoms with E-state index in [9.17, 15) is 0 Å². The lowest BCUT2D eigenvalue weighted by Crippen LogP contribution is -1.97. The number of nitrogen functional groups attached to an aromatic ring is 1. The molecule has 3 aromatic rings. The van der Waals surface area contributed by atoms with E-state index in [0.29, 0.717) is 11.3 Å². The van der Waals surface area contributed by atoms with Gasteiger partial charge in [0.15, 0.2) is 5.65 Å². The van der Waals surface area contributed by atoms with Crippen molar-refractivity contribution in [3.8, 4) is 11.3 Å². The quantitative estimate of drug-likeness (QED) is 0.605. The minimum absolute atomic E-state index is 0.190. The van der Waals surface area contributed by atoms with E-state index in [1.54, 1.807) is 18.6 Å². The zero-order valence-corrected chi connectivity index (χ0v) is 8.12. The molecule has 3 heterocycles. The van der Waals surface area contributed by atoms with Crippen molar-refractivity contribution >= 4 is 17.0 Å². The Labute approximate surface area is 89.8 Å². The molecule has 0 aliphatic carbocycles. The van der Waals surface area contributed by atoms with Crippen LogP contribution in [0.1, 0.15) is 0 Å². The lowest BCUT2D eigenvalue weighted by atomic mass is 10.2. The van der Waals surface area contributed by atoms with Crippen LogP contribution in [0, 0.1) is 0 Å². The molecule has 7 heteroatoms. The summed E-state index contributed by atoms with van der Waals surface area (Å²) >= 11 is 0. The van der Waals surface area contributed by atoms with E-state index in [1.165, 1.54) is 6.33 Å². The minimum atomic E-state index is 0.190. The van der Waals surface area contributed by atoms with Crippen molar-refractivity contribution in [2.24, 2.45) is 0 Å². The summed E-state index contributed by atoms with van der Waals surface area (Å²) in [5.74, 6) is 0.190. The lowest BCUT2D eigenvalue weighted by molar-refractivity contribution is 1.09. The number of nitrogens with one attached hydrogen (secondary N) is 1. The van der Waals surface area contributed by atoms with Gasteiger partial charge < -0.3 is 5.73 Å². The molecule has 0 aromatic carbocycles. The van der Waals surface area contributed by atoms with Gasteiger partial charge in [-0.1, -0.05) is 0 Å². The van der Waals surface area contributed by atoms with Crippen LogP contribution in [0.3, 0.4) is 0 Å². The van der Waals surface area contributed by atoms with Crippen molar-refractivity contribution in [2.45, 2.75) is 0 Å². The first-order chi connectivity index (χ1) is 7.84. The second-order valence-electron chi connectivity index (χ2n) is 3.19. The third-order valence-electron chi connectivity index (χ3n) is 2.16. The molecule has 0 radical (unpaired) electrons. The van der Waals surface area contributed by atoms with Gasteiger partial charge in [0.05, 0.1) is 17.3 Å². The number of hydrogen-bond acceptors (Lipinski definition) is 6. The number of nitrogens with zero attached hydrogens (tertiary/aromatic N) is 5. The predicted molar refractivity (Wildman–Crippen MR) is 57.1 cm³/mol. The summed E-state index contributed by atoms with van der Waals surface area (Å²) in [5, 5.41) is 7.45. The lowest BCUT2D eigenvalue weighted by Gasteiger charge is -2.01. The van der Waals surface area contributed by atoms with Gasteiger partial charge >= 0.3 is 0 Å². The number of nitrogens with two attached hydrogens (primary N) is 1. The zero-order valence-electron chi connectivity index (χ0n) is 8.12. The second-order valence-corrected chi connectivity index (χ2v) is 3.19. The van der Waals surface area contributed by atoms with Gasteiger partial charge in [-0.05, 0) is 0 Å². The molecule has 0 saturated heterocycles. The van der Waals surface area contributed by atoms with Crippen LogP contribution in [0.5, 0.6) is 0 Å². The molecule has 0 atom stereocenters. The van der Waals surface area contributed by atoms with E-state index in [-0.39, 0.29) is 5.95 Å². The maximum absolute atomic E-state index is 5.61. The molecule has 0 saturated carbocycles. The Morgan fingerprint density at radius 1 is 1.06 bits per heavy atom. The number of fused-ring (bicyclic) bond motifs is 1. The van der Waals surface area contributed by atoms with E-state index < -0.39 is 0 Å². The van der Waals surface area contributed by atoms with Crippen LogP contribution in [0.25, 0.3) is 22.3 Å². The second kappa shape index (κ2) is 3.23. The zero-order chi connectivity index (χ0) is 11.0. The van der Waals surface area contributed by atoms with E-state index >= 15 is 0 Å². The molecular weight excluding hydrogens is 206 g/mol. The van der Waals surface area contributed by atoms with Crippen molar-refractivity contribution in [3.63, 3.8) is 0 Å². The number of aromatic amines is 1. The molecule has 0 unspecified atom stereocenters. The standard InChI is InChI=1S/C9H7N7/c10-9-14-7(5-1-11-4-12-2-5)6-3-13-16-8(6)15-9/h1-4H,(H3,10,13,14,15,16). The van der Waals surface area contributed by atoms with Gasteiger partial charge in [-0.25, -0.2) is 15.0 Å². The number of anilines is 1. The largest absolute Gasteiger partial charge is 0.368 e.